The molecule has 2 nitrogen and oxygen atoms in total. The fourth-order valence-electron chi connectivity index (χ4n) is 2.73. The van der Waals surface area contributed by atoms with Gasteiger partial charge in [0.2, 0.25) is 5.91 Å². The highest BCUT2D eigenvalue weighted by atomic mass is 16.1. The van der Waals surface area contributed by atoms with Gasteiger partial charge in [-0.2, -0.15) is 0 Å². The Bertz CT molecular complexity index is 190. The lowest BCUT2D eigenvalue weighted by Gasteiger charge is -2.40. The number of piperidine rings is 1. The molecule has 0 aromatic heterocycles. The second-order valence-electron chi connectivity index (χ2n) is 4.28. The van der Waals surface area contributed by atoms with Crippen LogP contribution in [-0.2, 0) is 4.79 Å². The van der Waals surface area contributed by atoms with Crippen molar-refractivity contribution in [3.8, 4) is 0 Å². The molecule has 1 heterocycles. The van der Waals surface area contributed by atoms with Crippen LogP contribution in [0.4, 0.5) is 0 Å². The minimum absolute atomic E-state index is 0.269. The third-order valence-electron chi connectivity index (χ3n) is 3.47. The summed E-state index contributed by atoms with van der Waals surface area (Å²) in [5.41, 5.74) is 0. The Labute approximate surface area is 73.7 Å². The number of carbonyl (C=O) groups is 1. The summed E-state index contributed by atoms with van der Waals surface area (Å²) in [6, 6.07) is 0.509. The molecule has 68 valence electrons. The lowest BCUT2D eigenvalue weighted by molar-refractivity contribution is -0.125. The summed E-state index contributed by atoms with van der Waals surface area (Å²) in [5, 5.41) is 3.11. The van der Waals surface area contributed by atoms with Crippen molar-refractivity contribution >= 4 is 5.91 Å². The molecule has 3 atom stereocenters. The maximum atomic E-state index is 11.1. The summed E-state index contributed by atoms with van der Waals surface area (Å²) >= 11 is 0. The van der Waals surface area contributed by atoms with Gasteiger partial charge in [0.15, 0.2) is 0 Å². The Morgan fingerprint density at radius 1 is 1.33 bits per heavy atom. The average Bonchev–Trinajstić information content (AvgIpc) is 2.04. The zero-order valence-electron chi connectivity index (χ0n) is 7.68. The molecule has 1 aliphatic carbocycles. The van der Waals surface area contributed by atoms with Crippen molar-refractivity contribution in [1.29, 1.82) is 0 Å². The van der Waals surface area contributed by atoms with Crippen LogP contribution in [0.1, 0.15) is 39.0 Å². The summed E-state index contributed by atoms with van der Waals surface area (Å²) in [4.78, 5) is 11.1. The minimum Gasteiger partial charge on any atom is -0.353 e. The minimum atomic E-state index is 0.269. The monoisotopic (exact) mass is 167 g/mol. The van der Waals surface area contributed by atoms with Crippen LogP contribution >= 0.6 is 0 Å². The Morgan fingerprint density at radius 2 is 2.17 bits per heavy atom. The molecule has 0 radical (unpaired) electrons. The Kier molecular flexibility index (Phi) is 2.07. The number of nitrogens with one attached hydrogen (secondary N) is 1. The Hall–Kier alpha value is -0.530. The second kappa shape index (κ2) is 3.08. The standard InChI is InChI=1S/C10H17NO/c1-7-3-2-4-9-8(7)5-6-10(12)11-9/h7-9H,2-6H2,1H3,(H,11,12)/t7-,8-,9+/m0/s1. The van der Waals surface area contributed by atoms with Gasteiger partial charge in [-0.25, -0.2) is 0 Å². The van der Waals surface area contributed by atoms with E-state index in [9.17, 15) is 4.79 Å². The van der Waals surface area contributed by atoms with Gasteiger partial charge in [-0.3, -0.25) is 4.79 Å². The average molecular weight is 167 g/mol. The van der Waals surface area contributed by atoms with E-state index in [-0.39, 0.29) is 5.91 Å². The van der Waals surface area contributed by atoms with Crippen LogP contribution < -0.4 is 5.32 Å². The van der Waals surface area contributed by atoms with E-state index in [1.165, 1.54) is 19.3 Å². The predicted octanol–water partition coefficient (Wildman–Crippen LogP) is 1.70. The molecule has 1 aliphatic heterocycles. The van der Waals surface area contributed by atoms with Crippen LogP contribution in [0.15, 0.2) is 0 Å². The highest BCUT2D eigenvalue weighted by Crippen LogP contribution is 2.35. The molecule has 2 heteroatoms. The molecule has 1 amide bonds. The fraction of sp³-hybridized carbons (Fsp3) is 0.900. The Balaban J connectivity index is 2.04. The lowest BCUT2D eigenvalue weighted by atomic mass is 9.73. The van der Waals surface area contributed by atoms with E-state index < -0.39 is 0 Å². The summed E-state index contributed by atoms with van der Waals surface area (Å²) in [6.45, 7) is 2.33. The zero-order valence-corrected chi connectivity index (χ0v) is 7.68. The van der Waals surface area contributed by atoms with Crippen LogP contribution in [0.2, 0.25) is 0 Å². The van der Waals surface area contributed by atoms with Gasteiger partial charge >= 0.3 is 0 Å². The smallest absolute Gasteiger partial charge is 0.220 e. The molecular formula is C10H17NO. The number of amides is 1. The molecule has 2 aliphatic rings. The first kappa shape index (κ1) is 8.09. The van der Waals surface area contributed by atoms with Gasteiger partial charge in [0.05, 0.1) is 0 Å². The van der Waals surface area contributed by atoms with Crippen molar-refractivity contribution < 1.29 is 4.79 Å². The van der Waals surface area contributed by atoms with Gasteiger partial charge in [0.25, 0.3) is 0 Å². The normalized spacial score (nSPS) is 41.8. The molecule has 0 aromatic rings. The van der Waals surface area contributed by atoms with Gasteiger partial charge in [-0.1, -0.05) is 19.8 Å². The first-order valence-electron chi connectivity index (χ1n) is 5.07. The van der Waals surface area contributed by atoms with Gasteiger partial charge in [-0.05, 0) is 24.7 Å². The third-order valence-corrected chi connectivity index (χ3v) is 3.47. The first-order chi connectivity index (χ1) is 5.77. The number of hydrogen-bond donors (Lipinski definition) is 1. The topological polar surface area (TPSA) is 29.1 Å². The molecular weight excluding hydrogens is 150 g/mol. The molecule has 0 bridgehead atoms. The maximum Gasteiger partial charge on any atom is 0.220 e. The van der Waals surface area contributed by atoms with Crippen molar-refractivity contribution in [2.45, 2.75) is 45.1 Å². The number of carbonyl (C=O) groups excluding carboxylic acids is 1. The van der Waals surface area contributed by atoms with Crippen LogP contribution in [0.25, 0.3) is 0 Å². The van der Waals surface area contributed by atoms with Crippen molar-refractivity contribution in [2.75, 3.05) is 0 Å². The van der Waals surface area contributed by atoms with Crippen LogP contribution in [-0.4, -0.2) is 11.9 Å². The number of rotatable bonds is 0. The maximum absolute atomic E-state index is 11.1. The summed E-state index contributed by atoms with van der Waals surface area (Å²) in [5.74, 6) is 1.87. The quantitative estimate of drug-likeness (QED) is 0.584. The molecule has 1 N–H and O–H groups in total. The second-order valence-corrected chi connectivity index (χ2v) is 4.28. The van der Waals surface area contributed by atoms with Gasteiger partial charge in [0.1, 0.15) is 0 Å². The molecule has 0 spiro atoms. The molecule has 0 aromatic carbocycles. The zero-order chi connectivity index (χ0) is 8.55. The summed E-state index contributed by atoms with van der Waals surface area (Å²) < 4.78 is 0. The number of fused-ring (bicyclic) bond motifs is 1. The molecule has 1 saturated carbocycles. The van der Waals surface area contributed by atoms with E-state index >= 15 is 0 Å². The van der Waals surface area contributed by atoms with Crippen molar-refractivity contribution in [2.24, 2.45) is 11.8 Å². The van der Waals surface area contributed by atoms with Gasteiger partial charge in [-0.15, -0.1) is 0 Å². The SMILES string of the molecule is C[C@H]1CCC[C@H]2NC(=O)CC[C@@H]12. The van der Waals surface area contributed by atoms with Crippen molar-refractivity contribution in [3.63, 3.8) is 0 Å². The molecule has 12 heavy (non-hydrogen) atoms. The van der Waals surface area contributed by atoms with E-state index in [1.807, 2.05) is 0 Å². The highest BCUT2D eigenvalue weighted by Gasteiger charge is 2.34. The van der Waals surface area contributed by atoms with Crippen LogP contribution in [0.5, 0.6) is 0 Å². The van der Waals surface area contributed by atoms with Gasteiger partial charge < -0.3 is 5.32 Å². The Morgan fingerprint density at radius 3 is 3.00 bits per heavy atom. The largest absolute Gasteiger partial charge is 0.353 e. The van der Waals surface area contributed by atoms with E-state index in [2.05, 4.69) is 12.2 Å². The van der Waals surface area contributed by atoms with Gasteiger partial charge in [0, 0.05) is 12.5 Å². The third kappa shape index (κ3) is 1.35. The highest BCUT2D eigenvalue weighted by molar-refractivity contribution is 5.77. The van der Waals surface area contributed by atoms with E-state index in [4.69, 9.17) is 0 Å². The predicted molar refractivity (Wildman–Crippen MR) is 47.7 cm³/mol. The first-order valence-corrected chi connectivity index (χ1v) is 5.07. The molecule has 1 saturated heterocycles. The summed E-state index contributed by atoms with van der Waals surface area (Å²) in [6.07, 6.45) is 5.74. The van der Waals surface area contributed by atoms with Crippen molar-refractivity contribution in [3.05, 3.63) is 0 Å². The van der Waals surface area contributed by atoms with Crippen LogP contribution in [0, 0.1) is 11.8 Å². The lowest BCUT2D eigenvalue weighted by Crippen LogP contribution is -2.48. The van der Waals surface area contributed by atoms with E-state index in [0.29, 0.717) is 6.04 Å². The van der Waals surface area contributed by atoms with E-state index in [1.54, 1.807) is 0 Å². The number of hydrogen-bond acceptors (Lipinski definition) is 1. The van der Waals surface area contributed by atoms with Crippen LogP contribution in [0.3, 0.4) is 0 Å². The molecule has 0 unspecified atom stereocenters. The molecule has 2 fully saturated rings. The van der Waals surface area contributed by atoms with Crippen molar-refractivity contribution in [1.82, 2.24) is 5.32 Å². The summed E-state index contributed by atoms with van der Waals surface area (Å²) in [7, 11) is 0. The molecule has 2 rings (SSSR count). The van der Waals surface area contributed by atoms with E-state index in [0.717, 1.165) is 24.7 Å². The fourth-order valence-corrected chi connectivity index (χ4v) is 2.73.